The first kappa shape index (κ1) is 40.8. The number of carbonyl (C=O) groups excluding carboxylic acids is 2. The van der Waals surface area contributed by atoms with Crippen molar-refractivity contribution >= 4 is 29.1 Å². The molecule has 4 aromatic rings. The zero-order valence-electron chi connectivity index (χ0n) is 31.3. The summed E-state index contributed by atoms with van der Waals surface area (Å²) < 4.78 is 11.1. The molecule has 0 saturated carbocycles. The predicted octanol–water partition coefficient (Wildman–Crippen LogP) is 4.90. The molecule has 5 atom stereocenters. The molecule has 13 nitrogen and oxygen atoms in total. The van der Waals surface area contributed by atoms with E-state index in [0.29, 0.717) is 11.3 Å². The molecule has 0 fully saturated rings. The molecule has 0 radical (unpaired) electrons. The van der Waals surface area contributed by atoms with Gasteiger partial charge in [0.05, 0.1) is 30.5 Å². The quantitative estimate of drug-likeness (QED) is 0.0926. The second-order valence-electron chi connectivity index (χ2n) is 15.3. The maximum absolute atomic E-state index is 13.9. The van der Waals surface area contributed by atoms with E-state index in [2.05, 4.69) is 20.9 Å². The average molecular weight is 732 g/mol. The Bertz CT molecular complexity index is 1740. The van der Waals surface area contributed by atoms with Crippen molar-refractivity contribution in [2.45, 2.75) is 96.9 Å². The number of nitrogens with zero attached hydrogens (tertiary/aromatic N) is 2. The van der Waals surface area contributed by atoms with Gasteiger partial charge >= 0.3 is 12.2 Å². The Balaban J connectivity index is 1.43. The topological polar surface area (TPSA) is 186 Å². The van der Waals surface area contributed by atoms with Crippen LogP contribution in [0.25, 0.3) is 11.0 Å². The second-order valence-corrected chi connectivity index (χ2v) is 15.3. The highest BCUT2D eigenvalue weighted by Gasteiger charge is 2.38. The Morgan fingerprint density at radius 2 is 1.45 bits per heavy atom. The fourth-order valence-electron chi connectivity index (χ4n) is 6.24. The van der Waals surface area contributed by atoms with Crippen molar-refractivity contribution in [3.8, 4) is 0 Å². The number of aromatic nitrogens is 1. The molecule has 0 saturated heterocycles. The van der Waals surface area contributed by atoms with Gasteiger partial charge in [0.25, 0.3) is 0 Å². The van der Waals surface area contributed by atoms with E-state index < -0.39 is 59.4 Å². The number of carboxylic acid groups (broad SMARTS) is 1. The summed E-state index contributed by atoms with van der Waals surface area (Å²) >= 11 is 0. The van der Waals surface area contributed by atoms with Gasteiger partial charge in [-0.3, -0.25) is 14.7 Å². The average Bonchev–Trinajstić information content (AvgIpc) is 3.52. The number of ether oxygens (including phenoxy) is 1. The molecule has 53 heavy (non-hydrogen) atoms. The molecule has 0 bridgehead atoms. The minimum absolute atomic E-state index is 0.0276. The molecule has 2 heterocycles. The van der Waals surface area contributed by atoms with Crippen LogP contribution in [0.15, 0.2) is 89.6 Å². The number of hydrogen-bond donors (Lipinski definition) is 6. The largest absolute Gasteiger partial charge is 0.465 e. The number of carbonyl (C=O) groups is 3. The second kappa shape index (κ2) is 18.2. The maximum atomic E-state index is 13.9. The van der Waals surface area contributed by atoms with Crippen molar-refractivity contribution in [1.82, 2.24) is 25.8 Å². The molecular formula is C40H53N5O8. The van der Waals surface area contributed by atoms with E-state index in [1.54, 1.807) is 66.1 Å². The zero-order valence-corrected chi connectivity index (χ0v) is 31.3. The summed E-state index contributed by atoms with van der Waals surface area (Å²) in [7, 11) is 0. The number of aliphatic hydroxyl groups is 2. The van der Waals surface area contributed by atoms with Gasteiger partial charge in [0.1, 0.15) is 11.8 Å². The van der Waals surface area contributed by atoms with E-state index in [1.807, 2.05) is 60.7 Å². The monoisotopic (exact) mass is 731 g/mol. The normalized spacial score (nSPS) is 14.8. The number of furan rings is 1. The van der Waals surface area contributed by atoms with E-state index in [9.17, 15) is 29.7 Å². The molecule has 286 valence electrons. The first-order valence-corrected chi connectivity index (χ1v) is 17.8. The van der Waals surface area contributed by atoms with Crippen LogP contribution in [0.4, 0.5) is 9.59 Å². The van der Waals surface area contributed by atoms with Crippen molar-refractivity contribution in [1.29, 1.82) is 0 Å². The molecule has 0 spiro atoms. The summed E-state index contributed by atoms with van der Waals surface area (Å²) in [4.78, 5) is 44.5. The van der Waals surface area contributed by atoms with Crippen LogP contribution in [0.1, 0.15) is 58.4 Å². The summed E-state index contributed by atoms with van der Waals surface area (Å²) in [6.07, 6.45) is -0.473. The molecule has 4 rings (SSSR count). The summed E-state index contributed by atoms with van der Waals surface area (Å²) in [6, 6.07) is 19.6. The van der Waals surface area contributed by atoms with E-state index in [4.69, 9.17) is 9.15 Å². The van der Waals surface area contributed by atoms with Gasteiger partial charge in [-0.15, -0.1) is 0 Å². The fourth-order valence-corrected chi connectivity index (χ4v) is 6.24. The number of alkyl carbamates (subject to hydrolysis) is 1. The number of amides is 3. The number of fused-ring (bicyclic) bond motifs is 1. The Labute approximate surface area is 310 Å². The Kier molecular flexibility index (Phi) is 14.0. The van der Waals surface area contributed by atoms with Gasteiger partial charge in [-0.2, -0.15) is 0 Å². The molecule has 0 aliphatic rings. The molecule has 0 aliphatic heterocycles. The molecular weight excluding hydrogens is 678 g/mol. The first-order valence-electron chi connectivity index (χ1n) is 17.8. The lowest BCUT2D eigenvalue weighted by Crippen LogP contribution is -2.59. The standard InChI is InChI=1S/C40H53N5O8/c1-39(2,3)35(44-37(49)52-25-29-21-28-17-18-41-24-34(28)53-29)36(48)43-30(19-26-13-9-7-10-14-26)32(46)22-42-23-33(47)31(20-27-15-11-8-12-16-27)45(38(50)51)40(4,5)6/h7-18,21,24,30-33,35,42,46-47H,19-20,22-23,25H2,1-6H3,(H,43,48)(H,44,49)(H,50,51)/t30-,31-,32+,33+,35+/m0/s1. The zero-order chi connectivity index (χ0) is 38.8. The molecule has 2 aromatic carbocycles. The van der Waals surface area contributed by atoms with Crippen LogP contribution >= 0.6 is 0 Å². The molecule has 13 heteroatoms. The van der Waals surface area contributed by atoms with Crippen molar-refractivity contribution < 1.29 is 38.9 Å². The lowest BCUT2D eigenvalue weighted by Gasteiger charge is -2.42. The smallest absolute Gasteiger partial charge is 0.408 e. The van der Waals surface area contributed by atoms with E-state index >= 15 is 0 Å². The molecule has 6 N–H and O–H groups in total. The third-order valence-corrected chi connectivity index (χ3v) is 8.90. The summed E-state index contributed by atoms with van der Waals surface area (Å²) in [6.45, 7) is 10.5. The van der Waals surface area contributed by atoms with Gasteiger partial charge < -0.3 is 40.4 Å². The van der Waals surface area contributed by atoms with Crippen LogP contribution < -0.4 is 16.0 Å². The highest BCUT2D eigenvalue weighted by molar-refractivity contribution is 5.86. The molecule has 3 amide bonds. The Morgan fingerprint density at radius 1 is 0.849 bits per heavy atom. The van der Waals surface area contributed by atoms with Gasteiger partial charge in [0.2, 0.25) is 5.91 Å². The summed E-state index contributed by atoms with van der Waals surface area (Å²) in [5, 5.41) is 42.6. The lowest BCUT2D eigenvalue weighted by atomic mass is 9.85. The van der Waals surface area contributed by atoms with E-state index in [-0.39, 0.29) is 32.5 Å². The number of benzene rings is 2. The number of rotatable bonds is 16. The SMILES string of the molecule is CC(C)(C)[C@H](NC(=O)OCc1cc2ccncc2o1)C(=O)N[C@@H](Cc1ccccc1)[C@H](O)CNC[C@@H](O)[C@H](Cc1ccccc1)N(C(=O)O)C(C)(C)C. The number of pyridine rings is 1. The third kappa shape index (κ3) is 12.0. The van der Waals surface area contributed by atoms with Gasteiger partial charge in [-0.1, -0.05) is 81.4 Å². The van der Waals surface area contributed by atoms with Gasteiger partial charge in [0, 0.05) is 30.2 Å². The van der Waals surface area contributed by atoms with E-state index in [0.717, 1.165) is 16.5 Å². The highest BCUT2D eigenvalue weighted by atomic mass is 16.6. The number of hydrogen-bond acceptors (Lipinski definition) is 9. The van der Waals surface area contributed by atoms with E-state index in [1.165, 1.54) is 4.90 Å². The van der Waals surface area contributed by atoms with Crippen LogP contribution in [0, 0.1) is 5.41 Å². The van der Waals surface area contributed by atoms with Crippen molar-refractivity contribution in [2.75, 3.05) is 13.1 Å². The fraction of sp³-hybridized carbons (Fsp3) is 0.450. The van der Waals surface area contributed by atoms with Crippen LogP contribution in [-0.4, -0.2) is 92.3 Å². The first-order chi connectivity index (χ1) is 25.0. The Hall–Kier alpha value is -4.98. The van der Waals surface area contributed by atoms with Crippen LogP contribution in [0.2, 0.25) is 0 Å². The number of aliphatic hydroxyl groups excluding tert-OH is 2. The lowest BCUT2D eigenvalue weighted by molar-refractivity contribution is -0.127. The van der Waals surface area contributed by atoms with Crippen molar-refractivity contribution in [2.24, 2.45) is 5.41 Å². The molecule has 0 aliphatic carbocycles. The number of nitrogens with one attached hydrogen (secondary N) is 3. The van der Waals surface area contributed by atoms with Gasteiger partial charge in [-0.05, 0) is 62.3 Å². The molecule has 2 aromatic heterocycles. The van der Waals surface area contributed by atoms with Gasteiger partial charge in [-0.25, -0.2) is 9.59 Å². The highest BCUT2D eigenvalue weighted by Crippen LogP contribution is 2.24. The maximum Gasteiger partial charge on any atom is 0.408 e. The van der Waals surface area contributed by atoms with Crippen LogP contribution in [-0.2, 0) is 29.0 Å². The van der Waals surface area contributed by atoms with Gasteiger partial charge in [0.15, 0.2) is 12.2 Å². The van der Waals surface area contributed by atoms with Crippen molar-refractivity contribution in [3.63, 3.8) is 0 Å². The van der Waals surface area contributed by atoms with Crippen LogP contribution in [0.5, 0.6) is 0 Å². The summed E-state index contributed by atoms with van der Waals surface area (Å²) in [5.74, 6) is -0.0986. The molecule has 0 unspecified atom stereocenters. The van der Waals surface area contributed by atoms with Crippen molar-refractivity contribution in [3.05, 3.63) is 102 Å². The summed E-state index contributed by atoms with van der Waals surface area (Å²) in [5.41, 5.74) is 0.754. The minimum Gasteiger partial charge on any atom is -0.465 e. The Morgan fingerprint density at radius 3 is 2.02 bits per heavy atom. The third-order valence-electron chi connectivity index (χ3n) is 8.90. The minimum atomic E-state index is -1.15. The van der Waals surface area contributed by atoms with Crippen LogP contribution in [0.3, 0.4) is 0 Å². The predicted molar refractivity (Wildman–Crippen MR) is 201 cm³/mol.